The number of thiazole rings is 1. The number of hydrogen-bond donors (Lipinski definition) is 0. The van der Waals surface area contributed by atoms with Gasteiger partial charge >= 0.3 is 5.97 Å². The van der Waals surface area contributed by atoms with Crippen molar-refractivity contribution in [3.8, 4) is 0 Å². The zero-order valence-electron chi connectivity index (χ0n) is 8.44. The summed E-state index contributed by atoms with van der Waals surface area (Å²) in [5.74, 6) is -0.547. The number of aromatic nitrogens is 1. The molecule has 1 aromatic rings. The molecule has 0 bridgehead atoms. The monoisotopic (exact) mass is 226 g/mol. The van der Waals surface area contributed by atoms with E-state index in [1.807, 2.05) is 0 Å². The van der Waals surface area contributed by atoms with E-state index in [1.54, 1.807) is 11.9 Å². The maximum atomic E-state index is 11.7. The molecule has 80 valence electrons. The Hall–Kier alpha value is -1.43. The Bertz CT molecular complexity index is 427. The maximum Gasteiger partial charge on any atom is 0.367 e. The first-order valence-electron chi connectivity index (χ1n) is 4.47. The van der Waals surface area contributed by atoms with Gasteiger partial charge in [-0.25, -0.2) is 9.78 Å². The van der Waals surface area contributed by atoms with Crippen molar-refractivity contribution < 1.29 is 14.3 Å². The van der Waals surface area contributed by atoms with Crippen molar-refractivity contribution in [3.05, 3.63) is 15.6 Å². The van der Waals surface area contributed by atoms with Gasteiger partial charge in [0.1, 0.15) is 4.88 Å². The van der Waals surface area contributed by atoms with E-state index in [0.29, 0.717) is 23.5 Å². The first kappa shape index (κ1) is 10.1. The summed E-state index contributed by atoms with van der Waals surface area (Å²) in [6.45, 7) is 0.649. The van der Waals surface area contributed by atoms with Gasteiger partial charge in [-0.3, -0.25) is 4.79 Å². The highest BCUT2D eigenvalue weighted by atomic mass is 32.1. The largest absolute Gasteiger partial charge is 0.464 e. The molecule has 1 aliphatic heterocycles. The number of nitrogens with zero attached hydrogens (tertiary/aromatic N) is 2. The van der Waals surface area contributed by atoms with Crippen molar-refractivity contribution in [2.24, 2.45) is 0 Å². The number of carbonyl (C=O) groups excluding carboxylic acids is 2. The first-order valence-corrected chi connectivity index (χ1v) is 5.28. The van der Waals surface area contributed by atoms with E-state index in [2.05, 4.69) is 9.72 Å². The van der Waals surface area contributed by atoms with Crippen molar-refractivity contribution in [2.45, 2.75) is 6.42 Å². The van der Waals surface area contributed by atoms with Crippen LogP contribution in [0.1, 0.15) is 25.2 Å². The molecule has 0 fully saturated rings. The van der Waals surface area contributed by atoms with Crippen LogP contribution in [0.15, 0.2) is 0 Å². The molecule has 0 saturated carbocycles. The predicted octanol–water partition coefficient (Wildman–Crippen LogP) is 0.558. The van der Waals surface area contributed by atoms with Crippen molar-refractivity contribution >= 4 is 23.2 Å². The molecular formula is C9H10N2O3S. The van der Waals surface area contributed by atoms with Crippen LogP contribution >= 0.6 is 11.3 Å². The molecule has 1 aliphatic rings. The lowest BCUT2D eigenvalue weighted by Gasteiger charge is -2.20. The number of methoxy groups -OCH3 is 1. The van der Waals surface area contributed by atoms with Gasteiger partial charge in [-0.15, -0.1) is 11.3 Å². The number of hydrogen-bond acceptors (Lipinski definition) is 5. The topological polar surface area (TPSA) is 59.5 Å². The molecule has 2 rings (SSSR count). The van der Waals surface area contributed by atoms with Crippen molar-refractivity contribution in [1.82, 2.24) is 9.88 Å². The van der Waals surface area contributed by atoms with Crippen LogP contribution in [0.25, 0.3) is 0 Å². The smallest absolute Gasteiger partial charge is 0.367 e. The number of esters is 1. The summed E-state index contributed by atoms with van der Waals surface area (Å²) in [6, 6.07) is 0. The second-order valence-corrected chi connectivity index (χ2v) is 4.26. The summed E-state index contributed by atoms with van der Waals surface area (Å²) in [6.07, 6.45) is 0.699. The van der Waals surface area contributed by atoms with Gasteiger partial charge in [0.25, 0.3) is 5.91 Å². The number of carbonyl (C=O) groups is 2. The van der Waals surface area contributed by atoms with Crippen molar-refractivity contribution in [1.29, 1.82) is 0 Å². The van der Waals surface area contributed by atoms with E-state index in [4.69, 9.17) is 0 Å². The zero-order chi connectivity index (χ0) is 11.0. The molecular weight excluding hydrogens is 216 g/mol. The Morgan fingerprint density at radius 3 is 3.00 bits per heavy atom. The molecule has 0 atom stereocenters. The average Bonchev–Trinajstić information content (AvgIpc) is 2.67. The van der Waals surface area contributed by atoms with E-state index >= 15 is 0 Å². The Balaban J connectivity index is 2.39. The van der Waals surface area contributed by atoms with Gasteiger partial charge in [-0.05, 0) is 0 Å². The third kappa shape index (κ3) is 1.61. The maximum absolute atomic E-state index is 11.7. The van der Waals surface area contributed by atoms with E-state index < -0.39 is 5.97 Å². The third-order valence-corrected chi connectivity index (χ3v) is 3.35. The van der Waals surface area contributed by atoms with Crippen LogP contribution in [0, 0.1) is 0 Å². The highest BCUT2D eigenvalue weighted by Gasteiger charge is 2.27. The molecule has 1 amide bonds. The van der Waals surface area contributed by atoms with Crippen LogP contribution in [0.5, 0.6) is 0 Å². The number of amides is 1. The highest BCUT2D eigenvalue weighted by Crippen LogP contribution is 2.24. The lowest BCUT2D eigenvalue weighted by Crippen LogP contribution is -2.33. The quantitative estimate of drug-likeness (QED) is 0.656. The molecule has 0 aliphatic carbocycles. The first-order chi connectivity index (χ1) is 7.13. The summed E-state index contributed by atoms with van der Waals surface area (Å²) in [4.78, 5) is 29.2. The molecule has 0 unspecified atom stereocenters. The normalized spacial score (nSPS) is 15.1. The van der Waals surface area contributed by atoms with Crippen LogP contribution < -0.4 is 0 Å². The van der Waals surface area contributed by atoms with Crippen LogP contribution in [0.3, 0.4) is 0 Å². The number of likely N-dealkylation sites (N-methyl/N-ethyl adjacent to an activating group) is 1. The molecule has 0 saturated heterocycles. The van der Waals surface area contributed by atoms with Gasteiger partial charge < -0.3 is 9.64 Å². The molecule has 0 N–H and O–H groups in total. The minimum atomic E-state index is -0.482. The fourth-order valence-electron chi connectivity index (χ4n) is 1.41. The SMILES string of the molecule is COC(=O)c1nc2c(s1)C(=O)N(C)CC2. The van der Waals surface area contributed by atoms with Crippen LogP contribution in [0.4, 0.5) is 0 Å². The Labute approximate surface area is 90.7 Å². The fourth-order valence-corrected chi connectivity index (χ4v) is 2.44. The number of fused-ring (bicyclic) bond motifs is 1. The second-order valence-electron chi connectivity index (χ2n) is 3.26. The minimum Gasteiger partial charge on any atom is -0.464 e. The van der Waals surface area contributed by atoms with E-state index in [0.717, 1.165) is 11.3 Å². The molecule has 0 spiro atoms. The van der Waals surface area contributed by atoms with Gasteiger partial charge in [-0.1, -0.05) is 0 Å². The summed E-state index contributed by atoms with van der Waals surface area (Å²) < 4.78 is 4.56. The summed E-state index contributed by atoms with van der Waals surface area (Å²) in [5, 5.41) is 0.256. The molecule has 2 heterocycles. The Kier molecular flexibility index (Phi) is 2.44. The van der Waals surface area contributed by atoms with E-state index in [1.165, 1.54) is 7.11 Å². The predicted molar refractivity (Wildman–Crippen MR) is 54.1 cm³/mol. The van der Waals surface area contributed by atoms with Gasteiger partial charge in [0, 0.05) is 20.0 Å². The lowest BCUT2D eigenvalue weighted by atomic mass is 10.2. The lowest BCUT2D eigenvalue weighted by molar-refractivity contribution is 0.0599. The highest BCUT2D eigenvalue weighted by molar-refractivity contribution is 7.15. The minimum absolute atomic E-state index is 0.0658. The third-order valence-electron chi connectivity index (χ3n) is 2.28. The Morgan fingerprint density at radius 2 is 2.33 bits per heavy atom. The van der Waals surface area contributed by atoms with Gasteiger partial charge in [0.05, 0.1) is 12.8 Å². The van der Waals surface area contributed by atoms with Crippen LogP contribution in [-0.4, -0.2) is 42.5 Å². The average molecular weight is 226 g/mol. The Morgan fingerprint density at radius 1 is 1.60 bits per heavy atom. The molecule has 0 radical (unpaired) electrons. The van der Waals surface area contributed by atoms with Crippen molar-refractivity contribution in [3.63, 3.8) is 0 Å². The number of rotatable bonds is 1. The summed E-state index contributed by atoms with van der Waals surface area (Å²) in [5.41, 5.74) is 0.712. The number of ether oxygens (including phenoxy) is 1. The fraction of sp³-hybridized carbons (Fsp3) is 0.444. The van der Waals surface area contributed by atoms with Crippen molar-refractivity contribution in [2.75, 3.05) is 20.7 Å². The molecule has 15 heavy (non-hydrogen) atoms. The van der Waals surface area contributed by atoms with Crippen LogP contribution in [-0.2, 0) is 11.2 Å². The summed E-state index contributed by atoms with van der Waals surface area (Å²) >= 11 is 1.10. The van der Waals surface area contributed by atoms with Gasteiger partial charge in [-0.2, -0.15) is 0 Å². The molecule has 1 aromatic heterocycles. The van der Waals surface area contributed by atoms with Gasteiger partial charge in [0.15, 0.2) is 0 Å². The van der Waals surface area contributed by atoms with Gasteiger partial charge in [0.2, 0.25) is 5.01 Å². The second kappa shape index (κ2) is 3.62. The molecule has 6 heteroatoms. The molecule has 0 aromatic carbocycles. The van der Waals surface area contributed by atoms with E-state index in [9.17, 15) is 9.59 Å². The standard InChI is InChI=1S/C9H10N2O3S/c1-11-4-3-5-6(8(11)12)15-7(10-5)9(13)14-2/h3-4H2,1-2H3. The summed E-state index contributed by atoms with van der Waals surface area (Å²) in [7, 11) is 3.04. The van der Waals surface area contributed by atoms with E-state index in [-0.39, 0.29) is 10.9 Å². The van der Waals surface area contributed by atoms with Crippen LogP contribution in [0.2, 0.25) is 0 Å². The molecule has 5 nitrogen and oxygen atoms in total. The zero-order valence-corrected chi connectivity index (χ0v) is 9.26.